The number of aliphatic hydroxyl groups is 5. The van der Waals surface area contributed by atoms with Crippen molar-refractivity contribution in [2.45, 2.75) is 310 Å². The highest BCUT2D eigenvalue weighted by Crippen LogP contribution is 2.46. The standard InChI is InChI=1S/C29H46N4O3.C27H44ClN3O3.C27H44FN3O4.C26H44ClN3O4/c1-31-21-27(19-23-10-4-3-5-11-23)32-28(34)33-16-9-14-26(22-33)29(35,15-6-7-17-36-2)25-13-8-12-24(18-25)20-30;1-34-16-6-5-14-27(33,22-11-7-13-24(28)18-22)23-12-8-15-31(20-23)26(32)30-19-25(29)17-21-9-3-2-4-10-21;1-29-18-24(25(32)20-9-3-4-10-20)30-26(33)31-15-8-12-22(19-31)27(34,14-5-6-16-35-2)21-11-7-13-23(28)17-21;1-25(2,34-5)17-23(18-28-3)29-24(31)30-14-9-11-21(19-30)26(32,13-6-7-15-33-4)20-10-8-12-22(27)16-20/h8,12-13,18,23,26-27,31,35H,3-7,9-11,14-17,19,21-22H2,1-2H3,(H,32,34);7,11,13,18,21,23,25,33H,2-6,8-10,12,14-17,19-20,29H2,1H3,(H,30,32);7,11,13,17,20,22,24-25,29,32,34H,3-6,8-10,12,14-16,18-19H2,1-2H3,(H,30,33);8,10,12,16,21,23,28,32H,6-7,9,11,13-15,17-19H2,1-5H3,(H,29,31)/t26-,27+,29-;23-,25+,27-;22-,24-,25+,27-;21-,23+,26-/m1111/s1. The van der Waals surface area contributed by atoms with Gasteiger partial charge in [0.25, 0.3) is 0 Å². The van der Waals surface area contributed by atoms with Crippen LogP contribution >= 0.6 is 23.2 Å². The first-order chi connectivity index (χ1) is 66.9. The Balaban J connectivity index is 0.000000227. The van der Waals surface area contributed by atoms with Gasteiger partial charge in [-0.15, -0.1) is 0 Å². The molecule has 784 valence electrons. The van der Waals surface area contributed by atoms with Crippen molar-refractivity contribution in [3.63, 3.8) is 0 Å². The predicted molar refractivity (Wildman–Crippen MR) is 552 cm³/mol. The van der Waals surface area contributed by atoms with Gasteiger partial charge in [-0.3, -0.25) is 0 Å². The molecule has 7 fully saturated rings. The molecule has 4 heterocycles. The number of carbonyl (C=O) groups is 4. The van der Waals surface area contributed by atoms with Crippen LogP contribution in [0.1, 0.15) is 279 Å². The molecule has 7 aliphatic rings. The van der Waals surface area contributed by atoms with Crippen molar-refractivity contribution in [3.05, 3.63) is 141 Å². The number of amides is 8. The number of aliphatic hydroxyl groups excluding tert-OH is 1. The molecule has 14 N–H and O–H groups in total. The molecule has 139 heavy (non-hydrogen) atoms. The Morgan fingerprint density at radius 2 is 0.813 bits per heavy atom. The zero-order chi connectivity index (χ0) is 101. The lowest BCUT2D eigenvalue weighted by molar-refractivity contribution is -0.0570. The third-order valence-corrected chi connectivity index (χ3v) is 31.2. The van der Waals surface area contributed by atoms with Crippen molar-refractivity contribution in [2.24, 2.45) is 47.2 Å². The molecule has 3 saturated carbocycles. The fraction of sp³-hybridized carbons (Fsp3) is 0.734. The van der Waals surface area contributed by atoms with Gasteiger partial charge in [-0.2, -0.15) is 5.26 Å². The maximum Gasteiger partial charge on any atom is 0.317 e. The number of nitrogens with two attached hydrogens (primary N) is 1. The summed E-state index contributed by atoms with van der Waals surface area (Å²) < 4.78 is 40.4. The summed E-state index contributed by atoms with van der Waals surface area (Å²) in [5.74, 6) is 0.799. The molecule has 4 aliphatic heterocycles. The average Bonchev–Trinajstić information content (AvgIpc) is 0.980. The van der Waals surface area contributed by atoms with E-state index in [0.29, 0.717) is 164 Å². The molecular weight excluding hydrogens is 1810 g/mol. The van der Waals surface area contributed by atoms with E-state index >= 15 is 0 Å². The molecule has 0 radical (unpaired) electrons. The number of piperidine rings is 4. The molecule has 8 amide bonds. The lowest BCUT2D eigenvalue weighted by Crippen LogP contribution is -2.57. The van der Waals surface area contributed by atoms with Crippen LogP contribution in [0.25, 0.3) is 0 Å². The highest BCUT2D eigenvalue weighted by atomic mass is 35.5. The van der Waals surface area contributed by atoms with Crippen molar-refractivity contribution >= 4 is 47.3 Å². The summed E-state index contributed by atoms with van der Waals surface area (Å²) in [7, 11) is 14.1. The molecule has 27 nitrogen and oxygen atoms in total. The number of methoxy groups -OCH3 is 5. The highest BCUT2D eigenvalue weighted by molar-refractivity contribution is 6.31. The number of unbranched alkanes of at least 4 members (excludes halogenated alkanes) is 4. The number of nitriles is 1. The number of likely N-dealkylation sites (tertiary alicyclic amines) is 4. The second kappa shape index (κ2) is 62.3. The minimum absolute atomic E-state index is 0.00295. The van der Waals surface area contributed by atoms with Gasteiger partial charge in [0.1, 0.15) is 5.82 Å². The Kier molecular flexibility index (Phi) is 52.7. The van der Waals surface area contributed by atoms with Crippen LogP contribution in [-0.4, -0.2) is 267 Å². The molecule has 4 aromatic rings. The molecule has 4 saturated heterocycles. The van der Waals surface area contributed by atoms with Gasteiger partial charge in [0.15, 0.2) is 0 Å². The average molecular weight is 1980 g/mol. The number of carbonyl (C=O) groups excluding carboxylic acids is 4. The van der Waals surface area contributed by atoms with Gasteiger partial charge >= 0.3 is 24.1 Å². The largest absolute Gasteiger partial charge is 0.391 e. The van der Waals surface area contributed by atoms with Crippen LogP contribution in [0.5, 0.6) is 0 Å². The van der Waals surface area contributed by atoms with Crippen molar-refractivity contribution in [1.29, 1.82) is 5.26 Å². The number of urea groups is 4. The summed E-state index contributed by atoms with van der Waals surface area (Å²) in [6.07, 6.45) is 34.9. The van der Waals surface area contributed by atoms with Gasteiger partial charge in [0.2, 0.25) is 0 Å². The first-order valence-corrected chi connectivity index (χ1v) is 53.5. The Morgan fingerprint density at radius 1 is 0.453 bits per heavy atom. The number of hydrogen-bond acceptors (Lipinski definition) is 19. The molecular formula is C109H178Cl2FN13O14. The first kappa shape index (κ1) is 118. The van der Waals surface area contributed by atoms with E-state index in [9.17, 15) is 54.4 Å². The van der Waals surface area contributed by atoms with E-state index in [-0.39, 0.29) is 89.3 Å². The summed E-state index contributed by atoms with van der Waals surface area (Å²) in [5.41, 5.74) is 5.14. The van der Waals surface area contributed by atoms with Crippen LogP contribution in [0.2, 0.25) is 10.0 Å². The summed E-state index contributed by atoms with van der Waals surface area (Å²) >= 11 is 12.6. The summed E-state index contributed by atoms with van der Waals surface area (Å²) in [4.78, 5) is 60.3. The normalized spacial score (nSPS) is 21.4. The summed E-state index contributed by atoms with van der Waals surface area (Å²) in [5, 5.41) is 91.7. The van der Waals surface area contributed by atoms with Gasteiger partial charge in [0, 0.05) is 192 Å². The molecule has 13 atom stereocenters. The van der Waals surface area contributed by atoms with Gasteiger partial charge < -0.3 is 112 Å². The Hall–Kier alpha value is -6.60. The van der Waals surface area contributed by atoms with Crippen molar-refractivity contribution in [3.8, 4) is 6.07 Å². The zero-order valence-electron chi connectivity index (χ0n) is 86.0. The van der Waals surface area contributed by atoms with E-state index in [1.165, 1.54) is 76.3 Å². The fourth-order valence-electron chi connectivity index (χ4n) is 22.8. The fourth-order valence-corrected chi connectivity index (χ4v) is 23.1. The van der Waals surface area contributed by atoms with Crippen LogP contribution in [0, 0.1) is 58.6 Å². The van der Waals surface area contributed by atoms with Crippen LogP contribution in [0.4, 0.5) is 23.6 Å². The molecule has 4 aromatic carbocycles. The number of likely N-dealkylation sites (N-methyl/N-ethyl adjacent to an activating group) is 3. The lowest BCUT2D eigenvalue weighted by atomic mass is 9.74. The van der Waals surface area contributed by atoms with Gasteiger partial charge in [-0.25, -0.2) is 23.6 Å². The van der Waals surface area contributed by atoms with E-state index in [1.54, 1.807) is 58.6 Å². The maximum absolute atomic E-state index is 14.1. The van der Waals surface area contributed by atoms with Gasteiger partial charge in [-0.05, 0) is 284 Å². The number of rotatable bonds is 48. The molecule has 11 rings (SSSR count). The maximum atomic E-state index is 14.1. The van der Waals surface area contributed by atoms with Gasteiger partial charge in [-0.1, -0.05) is 149 Å². The first-order valence-electron chi connectivity index (χ1n) is 52.7. The number of halogens is 3. The second-order valence-electron chi connectivity index (χ2n) is 41.5. The number of benzene rings is 4. The molecule has 0 bridgehead atoms. The van der Waals surface area contributed by atoms with Crippen LogP contribution in [0.3, 0.4) is 0 Å². The van der Waals surface area contributed by atoms with Crippen LogP contribution < -0.4 is 43.0 Å². The number of ether oxygens (including phenoxy) is 5. The third-order valence-electron chi connectivity index (χ3n) is 30.7. The van der Waals surface area contributed by atoms with Crippen molar-refractivity contribution < 1.29 is 72.8 Å². The van der Waals surface area contributed by atoms with Crippen LogP contribution in [-0.2, 0) is 46.1 Å². The molecule has 30 heteroatoms. The van der Waals surface area contributed by atoms with E-state index in [2.05, 4.69) is 43.3 Å². The minimum Gasteiger partial charge on any atom is -0.391 e. The van der Waals surface area contributed by atoms with E-state index < -0.39 is 28.5 Å². The zero-order valence-corrected chi connectivity index (χ0v) is 87.5. The SMILES string of the molecule is CNC[C@@H](NC(=O)N1CCC[C@@H]([C@@](O)(CCCCOC)c2cccc(F)c2)C1)[C@@H](O)C1CCCC1.CNC[C@H](CC(C)(C)OC)NC(=O)N1CCC[C@@H]([C@@](O)(CCCCOC)c2cccc(Cl)c2)C1.CNC[C@H](CC1CCCCC1)NC(=O)N1CCC[C@@H]([C@@](O)(CCCCOC)c2cccc(C#N)c2)C1.COCCCC[C@@](O)(c1cccc(Cl)c1)[C@@H]1CCCN(C(=O)NC[C@@H](N)CC2CCCCC2)C1. The number of nitrogens with one attached hydrogen (secondary N) is 7. The monoisotopic (exact) mass is 1980 g/mol. The Bertz CT molecular complexity index is 4210. The van der Waals surface area contributed by atoms with Crippen LogP contribution in [0.15, 0.2) is 97.1 Å². The molecule has 0 unspecified atom stereocenters. The van der Waals surface area contributed by atoms with Crippen molar-refractivity contribution in [1.82, 2.24) is 56.8 Å². The Morgan fingerprint density at radius 3 is 1.20 bits per heavy atom. The predicted octanol–water partition coefficient (Wildman–Crippen LogP) is 17.2. The number of hydrogen-bond donors (Lipinski definition) is 13. The minimum atomic E-state index is -1.23. The lowest BCUT2D eigenvalue weighted by Gasteiger charge is -2.43. The smallest absolute Gasteiger partial charge is 0.317 e. The topological polar surface area (TPSA) is 363 Å². The molecule has 3 aliphatic carbocycles. The van der Waals surface area contributed by atoms with Crippen molar-refractivity contribution in [2.75, 3.05) is 162 Å². The van der Waals surface area contributed by atoms with Gasteiger partial charge in [0.05, 0.1) is 51.8 Å². The van der Waals surface area contributed by atoms with E-state index in [1.807, 2.05) is 116 Å². The van der Waals surface area contributed by atoms with E-state index in [4.69, 9.17) is 52.6 Å². The second-order valence-corrected chi connectivity index (χ2v) is 42.4. The number of nitrogens with zero attached hydrogens (tertiary/aromatic N) is 5. The van der Waals surface area contributed by atoms with E-state index in [0.717, 1.165) is 164 Å². The quantitative estimate of drug-likeness (QED) is 0.0183. The third kappa shape index (κ3) is 38.1. The summed E-state index contributed by atoms with van der Waals surface area (Å²) in [6.45, 7) is 13.7. The highest BCUT2D eigenvalue weighted by Gasteiger charge is 2.47. The molecule has 0 spiro atoms. The molecule has 0 aromatic heterocycles. The Labute approximate surface area is 842 Å². The summed E-state index contributed by atoms with van der Waals surface area (Å²) in [6, 6.07) is 30.0.